The molecule has 1 heterocycles. The summed E-state index contributed by atoms with van der Waals surface area (Å²) in [6.07, 6.45) is 1.93. The van der Waals surface area contributed by atoms with Crippen LogP contribution >= 0.6 is 11.6 Å². The Balaban J connectivity index is 1.95. The fourth-order valence-corrected chi connectivity index (χ4v) is 3.36. The quantitative estimate of drug-likeness (QED) is 0.844. The van der Waals surface area contributed by atoms with Crippen LogP contribution in [0.3, 0.4) is 0 Å². The molecule has 1 atom stereocenters. The van der Waals surface area contributed by atoms with Crippen molar-refractivity contribution in [3.8, 4) is 0 Å². The molecule has 0 saturated carbocycles. The lowest BCUT2D eigenvalue weighted by Crippen LogP contribution is -2.31. The highest BCUT2D eigenvalue weighted by Crippen LogP contribution is 2.36. The molecule has 1 fully saturated rings. The number of rotatable bonds is 2. The maximum atomic E-state index is 12.9. The first kappa shape index (κ1) is 14.9. The molecule has 2 aromatic rings. The third-order valence-corrected chi connectivity index (χ3v) is 4.61. The second-order valence-corrected chi connectivity index (χ2v) is 6.16. The summed E-state index contributed by atoms with van der Waals surface area (Å²) in [6.45, 7) is 2.69. The summed E-state index contributed by atoms with van der Waals surface area (Å²) < 4.78 is 0. The standard InChI is InChI=1S/C18H19ClN2O/c1-12-8-9-13(20)11-15(12)18(22)21-10-4-7-17(21)14-5-2-3-6-16(14)19/h2-3,5-6,8-9,11,17H,4,7,10,20H2,1H3. The van der Waals surface area contributed by atoms with Crippen molar-refractivity contribution in [2.24, 2.45) is 0 Å². The van der Waals surface area contributed by atoms with Crippen molar-refractivity contribution >= 4 is 23.2 Å². The average Bonchev–Trinajstić information content (AvgIpc) is 2.99. The van der Waals surface area contributed by atoms with E-state index in [0.29, 0.717) is 11.3 Å². The van der Waals surface area contributed by atoms with E-state index in [1.54, 1.807) is 6.07 Å². The number of likely N-dealkylation sites (tertiary alicyclic amines) is 1. The number of hydrogen-bond acceptors (Lipinski definition) is 2. The van der Waals surface area contributed by atoms with E-state index in [4.69, 9.17) is 17.3 Å². The molecule has 3 nitrogen and oxygen atoms in total. The van der Waals surface area contributed by atoms with Crippen LogP contribution in [0.4, 0.5) is 5.69 Å². The summed E-state index contributed by atoms with van der Waals surface area (Å²) in [5.74, 6) is 0.0345. The van der Waals surface area contributed by atoms with Gasteiger partial charge in [-0.3, -0.25) is 4.79 Å². The molecule has 4 heteroatoms. The topological polar surface area (TPSA) is 46.3 Å². The molecule has 1 amide bonds. The van der Waals surface area contributed by atoms with Gasteiger partial charge in [0.1, 0.15) is 0 Å². The van der Waals surface area contributed by atoms with Gasteiger partial charge in [-0.1, -0.05) is 35.9 Å². The molecule has 22 heavy (non-hydrogen) atoms. The lowest BCUT2D eigenvalue weighted by molar-refractivity contribution is 0.0735. The van der Waals surface area contributed by atoms with Crippen LogP contribution in [0.2, 0.25) is 5.02 Å². The van der Waals surface area contributed by atoms with Gasteiger partial charge in [0.2, 0.25) is 0 Å². The monoisotopic (exact) mass is 314 g/mol. The van der Waals surface area contributed by atoms with Crippen LogP contribution < -0.4 is 5.73 Å². The van der Waals surface area contributed by atoms with Gasteiger partial charge in [0.05, 0.1) is 6.04 Å². The van der Waals surface area contributed by atoms with E-state index in [0.717, 1.165) is 35.5 Å². The van der Waals surface area contributed by atoms with Gasteiger partial charge in [0.15, 0.2) is 0 Å². The first-order valence-corrected chi connectivity index (χ1v) is 7.87. The predicted octanol–water partition coefficient (Wildman–Crippen LogP) is 4.21. The minimum absolute atomic E-state index is 0.0345. The highest BCUT2D eigenvalue weighted by molar-refractivity contribution is 6.31. The number of benzene rings is 2. The zero-order chi connectivity index (χ0) is 15.7. The van der Waals surface area contributed by atoms with Crippen molar-refractivity contribution in [1.29, 1.82) is 0 Å². The van der Waals surface area contributed by atoms with Gasteiger partial charge in [0.25, 0.3) is 5.91 Å². The predicted molar refractivity (Wildman–Crippen MR) is 90.1 cm³/mol. The van der Waals surface area contributed by atoms with E-state index in [-0.39, 0.29) is 11.9 Å². The number of carbonyl (C=O) groups excluding carboxylic acids is 1. The van der Waals surface area contributed by atoms with Gasteiger partial charge < -0.3 is 10.6 Å². The van der Waals surface area contributed by atoms with Crippen LogP contribution in [0.25, 0.3) is 0 Å². The van der Waals surface area contributed by atoms with E-state index < -0.39 is 0 Å². The fourth-order valence-electron chi connectivity index (χ4n) is 3.10. The first-order chi connectivity index (χ1) is 10.6. The molecule has 0 aliphatic carbocycles. The lowest BCUT2D eigenvalue weighted by atomic mass is 10.0. The van der Waals surface area contributed by atoms with Gasteiger partial charge in [-0.15, -0.1) is 0 Å². The number of nitrogens with zero attached hydrogens (tertiary/aromatic N) is 1. The van der Waals surface area contributed by atoms with E-state index in [2.05, 4.69) is 0 Å². The number of nitrogens with two attached hydrogens (primary N) is 1. The Kier molecular flexibility index (Phi) is 4.08. The molecule has 0 radical (unpaired) electrons. The summed E-state index contributed by atoms with van der Waals surface area (Å²) in [6, 6.07) is 13.3. The van der Waals surface area contributed by atoms with Crippen LogP contribution in [0.5, 0.6) is 0 Å². The molecule has 2 N–H and O–H groups in total. The fraction of sp³-hybridized carbons (Fsp3) is 0.278. The van der Waals surface area contributed by atoms with E-state index >= 15 is 0 Å². The molecule has 2 aromatic carbocycles. The minimum atomic E-state index is 0.0345. The summed E-state index contributed by atoms with van der Waals surface area (Å²) >= 11 is 6.32. The molecular formula is C18H19ClN2O. The Bertz CT molecular complexity index is 714. The van der Waals surface area contributed by atoms with Crippen molar-refractivity contribution < 1.29 is 4.79 Å². The van der Waals surface area contributed by atoms with Crippen molar-refractivity contribution in [1.82, 2.24) is 4.90 Å². The van der Waals surface area contributed by atoms with Gasteiger partial charge in [-0.05, 0) is 49.1 Å². The maximum absolute atomic E-state index is 12.9. The lowest BCUT2D eigenvalue weighted by Gasteiger charge is -2.26. The molecule has 1 aliphatic heterocycles. The SMILES string of the molecule is Cc1ccc(N)cc1C(=O)N1CCCC1c1ccccc1Cl. The van der Waals surface area contributed by atoms with Crippen LogP contribution in [0.15, 0.2) is 42.5 Å². The molecule has 0 aromatic heterocycles. The van der Waals surface area contributed by atoms with Gasteiger partial charge in [0, 0.05) is 22.8 Å². The second-order valence-electron chi connectivity index (χ2n) is 5.75. The van der Waals surface area contributed by atoms with Crippen LogP contribution in [0, 0.1) is 6.92 Å². The van der Waals surface area contributed by atoms with Crippen molar-refractivity contribution in [2.45, 2.75) is 25.8 Å². The maximum Gasteiger partial charge on any atom is 0.254 e. The van der Waals surface area contributed by atoms with Crippen LogP contribution in [-0.2, 0) is 0 Å². The number of halogens is 1. The van der Waals surface area contributed by atoms with Crippen LogP contribution in [0.1, 0.15) is 40.4 Å². The van der Waals surface area contributed by atoms with Crippen molar-refractivity contribution in [3.05, 3.63) is 64.2 Å². The normalized spacial score (nSPS) is 17.7. The average molecular weight is 315 g/mol. The van der Waals surface area contributed by atoms with Crippen molar-refractivity contribution in [3.63, 3.8) is 0 Å². The Labute approximate surface area is 135 Å². The van der Waals surface area contributed by atoms with Gasteiger partial charge in [-0.25, -0.2) is 0 Å². The molecular weight excluding hydrogens is 296 g/mol. The number of anilines is 1. The first-order valence-electron chi connectivity index (χ1n) is 7.49. The molecule has 114 valence electrons. The Morgan fingerprint density at radius 3 is 2.82 bits per heavy atom. The Hall–Kier alpha value is -2.00. The third kappa shape index (κ3) is 2.69. The number of nitrogen functional groups attached to an aromatic ring is 1. The smallest absolute Gasteiger partial charge is 0.254 e. The van der Waals surface area contributed by atoms with Crippen LogP contribution in [-0.4, -0.2) is 17.4 Å². The Morgan fingerprint density at radius 2 is 2.05 bits per heavy atom. The molecule has 0 bridgehead atoms. The Morgan fingerprint density at radius 1 is 1.27 bits per heavy atom. The number of carbonyl (C=O) groups is 1. The zero-order valence-corrected chi connectivity index (χ0v) is 13.3. The number of amides is 1. The highest BCUT2D eigenvalue weighted by Gasteiger charge is 2.32. The summed E-state index contributed by atoms with van der Waals surface area (Å²) in [4.78, 5) is 14.9. The zero-order valence-electron chi connectivity index (χ0n) is 12.6. The molecule has 1 unspecified atom stereocenters. The summed E-state index contributed by atoms with van der Waals surface area (Å²) in [5, 5.41) is 0.719. The largest absolute Gasteiger partial charge is 0.399 e. The van der Waals surface area contributed by atoms with E-state index in [9.17, 15) is 4.79 Å². The minimum Gasteiger partial charge on any atom is -0.399 e. The van der Waals surface area contributed by atoms with Crippen molar-refractivity contribution in [2.75, 3.05) is 12.3 Å². The molecule has 3 rings (SSSR count). The molecule has 1 saturated heterocycles. The summed E-state index contributed by atoms with van der Waals surface area (Å²) in [7, 11) is 0. The van der Waals surface area contributed by atoms with Gasteiger partial charge >= 0.3 is 0 Å². The van der Waals surface area contributed by atoms with E-state index in [1.807, 2.05) is 48.2 Å². The van der Waals surface area contributed by atoms with Gasteiger partial charge in [-0.2, -0.15) is 0 Å². The summed E-state index contributed by atoms with van der Waals surface area (Å²) in [5.41, 5.74) is 9.11. The molecule has 1 aliphatic rings. The highest BCUT2D eigenvalue weighted by atomic mass is 35.5. The molecule has 0 spiro atoms. The number of aryl methyl sites for hydroxylation is 1. The second kappa shape index (κ2) is 6.01. The third-order valence-electron chi connectivity index (χ3n) is 4.27. The van der Waals surface area contributed by atoms with E-state index in [1.165, 1.54) is 0 Å². The number of hydrogen-bond donors (Lipinski definition) is 1.